The Morgan fingerprint density at radius 2 is 2.20 bits per heavy atom. The molecule has 0 fully saturated rings. The molecule has 1 atom stereocenters. The molecule has 0 amide bonds. The van der Waals surface area contributed by atoms with Gasteiger partial charge in [0.05, 0.1) is 15.8 Å². The Morgan fingerprint density at radius 3 is 2.73 bits per heavy atom. The molecule has 0 bridgehead atoms. The van der Waals surface area contributed by atoms with Gasteiger partial charge in [0.25, 0.3) is 0 Å². The van der Waals surface area contributed by atoms with Crippen LogP contribution in [0.15, 0.2) is 23.1 Å². The van der Waals surface area contributed by atoms with Crippen LogP contribution < -0.4 is 0 Å². The normalized spacial score (nSPS) is 12.5. The van der Waals surface area contributed by atoms with E-state index >= 15 is 0 Å². The van der Waals surface area contributed by atoms with E-state index < -0.39 is 16.6 Å². The van der Waals surface area contributed by atoms with Crippen molar-refractivity contribution in [2.75, 3.05) is 5.75 Å². The zero-order valence-corrected chi connectivity index (χ0v) is 9.70. The maximum Gasteiger partial charge on any atom is 0.141 e. The van der Waals surface area contributed by atoms with E-state index in [2.05, 4.69) is 0 Å². The van der Waals surface area contributed by atoms with Crippen LogP contribution in [0.5, 0.6) is 0 Å². The fraction of sp³-hybridized carbons (Fsp3) is 0.300. The van der Waals surface area contributed by atoms with Crippen molar-refractivity contribution in [1.29, 1.82) is 0 Å². The van der Waals surface area contributed by atoms with E-state index in [-0.39, 0.29) is 23.0 Å². The van der Waals surface area contributed by atoms with E-state index in [4.69, 9.17) is 11.6 Å². The minimum Gasteiger partial charge on any atom is -0.300 e. The quantitative estimate of drug-likeness (QED) is 0.821. The second-order valence-corrected chi connectivity index (χ2v) is 5.06. The van der Waals surface area contributed by atoms with Gasteiger partial charge in [-0.25, -0.2) is 4.39 Å². The number of hydrogen-bond donors (Lipinski definition) is 0. The molecule has 2 nitrogen and oxygen atoms in total. The maximum absolute atomic E-state index is 12.8. The maximum atomic E-state index is 12.8. The molecule has 1 aromatic rings. The summed E-state index contributed by atoms with van der Waals surface area (Å²) in [7, 11) is -1.29. The van der Waals surface area contributed by atoms with Gasteiger partial charge in [-0.3, -0.25) is 9.00 Å². The number of Topliss-reactive ketones (excluding diaryl/α,β-unsaturated/α-hetero) is 1. The summed E-state index contributed by atoms with van der Waals surface area (Å²) in [5.41, 5.74) is 0. The highest BCUT2D eigenvalue weighted by Crippen LogP contribution is 2.18. The van der Waals surface area contributed by atoms with Gasteiger partial charge in [-0.05, 0) is 25.1 Å². The Balaban J connectivity index is 2.74. The smallest absolute Gasteiger partial charge is 0.141 e. The van der Waals surface area contributed by atoms with Crippen LogP contribution in [-0.4, -0.2) is 15.7 Å². The van der Waals surface area contributed by atoms with Gasteiger partial charge in [-0.2, -0.15) is 0 Å². The zero-order valence-electron chi connectivity index (χ0n) is 8.13. The summed E-state index contributed by atoms with van der Waals surface area (Å²) in [5, 5.41) is -0.0522. The average molecular weight is 249 g/mol. The van der Waals surface area contributed by atoms with Gasteiger partial charge in [-0.1, -0.05) is 11.6 Å². The lowest BCUT2D eigenvalue weighted by Crippen LogP contribution is -2.03. The van der Waals surface area contributed by atoms with Crippen LogP contribution in [0.1, 0.15) is 13.3 Å². The van der Waals surface area contributed by atoms with Gasteiger partial charge in [0, 0.05) is 17.1 Å². The first-order valence-corrected chi connectivity index (χ1v) is 6.03. The van der Waals surface area contributed by atoms with Gasteiger partial charge >= 0.3 is 0 Å². The third-order valence-corrected chi connectivity index (χ3v) is 3.44. The van der Waals surface area contributed by atoms with Crippen LogP contribution in [0.25, 0.3) is 0 Å². The molecule has 0 aliphatic heterocycles. The molecule has 0 aromatic heterocycles. The summed E-state index contributed by atoms with van der Waals surface area (Å²) in [4.78, 5) is 11.1. The molecular weight excluding hydrogens is 239 g/mol. The van der Waals surface area contributed by atoms with Crippen molar-refractivity contribution in [1.82, 2.24) is 0 Å². The van der Waals surface area contributed by atoms with Crippen molar-refractivity contribution in [3.8, 4) is 0 Å². The molecule has 1 unspecified atom stereocenters. The van der Waals surface area contributed by atoms with E-state index in [0.717, 1.165) is 0 Å². The molecule has 0 saturated carbocycles. The molecule has 0 spiro atoms. The molecule has 1 aromatic carbocycles. The fourth-order valence-corrected chi connectivity index (χ4v) is 2.40. The summed E-state index contributed by atoms with van der Waals surface area (Å²) in [6.45, 7) is 1.44. The van der Waals surface area contributed by atoms with Crippen LogP contribution in [0, 0.1) is 5.82 Å². The summed E-state index contributed by atoms with van der Waals surface area (Å²) in [6, 6.07) is 3.91. The zero-order chi connectivity index (χ0) is 11.4. The van der Waals surface area contributed by atoms with Crippen LogP contribution in [0.4, 0.5) is 4.39 Å². The molecule has 0 N–H and O–H groups in total. The Bertz CT molecular complexity index is 406. The van der Waals surface area contributed by atoms with Crippen molar-refractivity contribution in [2.45, 2.75) is 18.2 Å². The Hall–Kier alpha value is -0.740. The summed E-state index contributed by atoms with van der Waals surface area (Å²) in [5.74, 6) is -0.308. The minimum absolute atomic E-state index is 0.0171. The first kappa shape index (κ1) is 12.3. The highest BCUT2D eigenvalue weighted by molar-refractivity contribution is 7.85. The number of ketones is 1. The van der Waals surface area contributed by atoms with E-state index in [9.17, 15) is 13.4 Å². The molecular formula is C10H10ClFO2S. The van der Waals surface area contributed by atoms with Gasteiger partial charge < -0.3 is 0 Å². The summed E-state index contributed by atoms with van der Waals surface area (Å²) in [6.07, 6.45) is 0.252. The molecule has 0 aliphatic rings. The van der Waals surface area contributed by atoms with E-state index in [1.54, 1.807) is 0 Å². The van der Waals surface area contributed by atoms with Gasteiger partial charge in [0.15, 0.2) is 0 Å². The van der Waals surface area contributed by atoms with Crippen LogP contribution >= 0.6 is 11.6 Å². The van der Waals surface area contributed by atoms with Crippen molar-refractivity contribution in [3.05, 3.63) is 29.0 Å². The minimum atomic E-state index is -1.29. The topological polar surface area (TPSA) is 34.1 Å². The SMILES string of the molecule is CC(=O)CCS(=O)c1ccc(F)c(Cl)c1. The first-order chi connectivity index (χ1) is 7.00. The van der Waals surface area contributed by atoms with Crippen LogP contribution in [-0.2, 0) is 15.6 Å². The number of hydrogen-bond acceptors (Lipinski definition) is 2. The molecule has 1 rings (SSSR count). The monoisotopic (exact) mass is 248 g/mol. The van der Waals surface area contributed by atoms with E-state index in [0.29, 0.717) is 4.90 Å². The molecule has 0 aliphatic carbocycles. The lowest BCUT2D eigenvalue weighted by Gasteiger charge is -2.01. The Labute approximate surface area is 94.9 Å². The van der Waals surface area contributed by atoms with E-state index in [1.165, 1.54) is 25.1 Å². The van der Waals surface area contributed by atoms with Gasteiger partial charge in [-0.15, -0.1) is 0 Å². The van der Waals surface area contributed by atoms with Crippen molar-refractivity contribution < 1.29 is 13.4 Å². The van der Waals surface area contributed by atoms with Crippen molar-refractivity contribution in [3.63, 3.8) is 0 Å². The second-order valence-electron chi connectivity index (χ2n) is 3.08. The predicted octanol–water partition coefficient (Wildman–Crippen LogP) is 2.57. The summed E-state index contributed by atoms with van der Waals surface area (Å²) < 4.78 is 24.4. The molecule has 0 heterocycles. The average Bonchev–Trinajstić information content (AvgIpc) is 2.18. The number of carbonyl (C=O) groups is 1. The van der Waals surface area contributed by atoms with Crippen LogP contribution in [0.2, 0.25) is 5.02 Å². The third kappa shape index (κ3) is 3.72. The van der Waals surface area contributed by atoms with Gasteiger partial charge in [0.2, 0.25) is 0 Å². The molecule has 5 heteroatoms. The van der Waals surface area contributed by atoms with E-state index in [1.807, 2.05) is 0 Å². The summed E-state index contributed by atoms with van der Waals surface area (Å²) >= 11 is 5.54. The lowest BCUT2D eigenvalue weighted by atomic mass is 10.3. The number of benzene rings is 1. The lowest BCUT2D eigenvalue weighted by molar-refractivity contribution is -0.116. The molecule has 15 heavy (non-hydrogen) atoms. The highest BCUT2D eigenvalue weighted by Gasteiger charge is 2.08. The van der Waals surface area contributed by atoms with Gasteiger partial charge in [0.1, 0.15) is 11.6 Å². The Kier molecular flexibility index (Phi) is 4.42. The molecule has 0 radical (unpaired) electrons. The predicted molar refractivity (Wildman–Crippen MR) is 58.0 cm³/mol. The number of carbonyl (C=O) groups excluding carboxylic acids is 1. The van der Waals surface area contributed by atoms with Crippen molar-refractivity contribution >= 4 is 28.2 Å². The van der Waals surface area contributed by atoms with Crippen molar-refractivity contribution in [2.24, 2.45) is 0 Å². The highest BCUT2D eigenvalue weighted by atomic mass is 35.5. The largest absolute Gasteiger partial charge is 0.300 e. The first-order valence-electron chi connectivity index (χ1n) is 4.33. The number of rotatable bonds is 4. The Morgan fingerprint density at radius 1 is 1.53 bits per heavy atom. The molecule has 0 saturated heterocycles. The van der Waals surface area contributed by atoms with Crippen LogP contribution in [0.3, 0.4) is 0 Å². The second kappa shape index (κ2) is 5.37. The fourth-order valence-electron chi connectivity index (χ4n) is 0.973. The standard InChI is InChI=1S/C10H10ClFO2S/c1-7(13)4-5-15(14)8-2-3-10(12)9(11)6-8/h2-3,6H,4-5H2,1H3. The molecule has 82 valence electrons. The third-order valence-electron chi connectivity index (χ3n) is 1.79. The number of halogens is 2.